The Hall–Kier alpha value is -3.49. The molecule has 2 heterocycles. The second-order valence-electron chi connectivity index (χ2n) is 9.14. The SMILES string of the molecule is Cc1cc(COc2ccc(C3(N)CCN(C(C(=O)NO)C(C)C)C3=O)cc2)c2ccccc2n1. The number of carbonyl (C=O) groups is 2. The van der Waals surface area contributed by atoms with Crippen LogP contribution in [-0.4, -0.2) is 39.5 Å². The molecule has 8 heteroatoms. The van der Waals surface area contributed by atoms with E-state index in [9.17, 15) is 9.59 Å². The maximum atomic E-state index is 13.2. The van der Waals surface area contributed by atoms with E-state index in [0.29, 0.717) is 30.9 Å². The number of nitrogens with zero attached hydrogens (tertiary/aromatic N) is 2. The summed E-state index contributed by atoms with van der Waals surface area (Å²) < 4.78 is 6.02. The van der Waals surface area contributed by atoms with Crippen molar-refractivity contribution < 1.29 is 19.5 Å². The van der Waals surface area contributed by atoms with Crippen molar-refractivity contribution in [3.8, 4) is 5.75 Å². The first-order valence-electron chi connectivity index (χ1n) is 11.4. The Morgan fingerprint density at radius 3 is 2.62 bits per heavy atom. The van der Waals surface area contributed by atoms with E-state index in [-0.39, 0.29) is 11.8 Å². The summed E-state index contributed by atoms with van der Waals surface area (Å²) in [5.74, 6) is -0.465. The maximum Gasteiger partial charge on any atom is 0.266 e. The smallest absolute Gasteiger partial charge is 0.266 e. The number of carbonyl (C=O) groups excluding carboxylic acids is 2. The highest BCUT2D eigenvalue weighted by atomic mass is 16.5. The average Bonchev–Trinajstić information content (AvgIpc) is 3.12. The van der Waals surface area contributed by atoms with Crippen LogP contribution in [0.5, 0.6) is 5.75 Å². The average molecular weight is 463 g/mol. The minimum Gasteiger partial charge on any atom is -0.489 e. The number of hydrogen-bond acceptors (Lipinski definition) is 6. The highest BCUT2D eigenvalue weighted by Crippen LogP contribution is 2.34. The standard InChI is InChI=1S/C26H30N4O4/c1-16(2)23(24(31)29-33)30-13-12-26(27,25(30)32)19-8-10-20(11-9-19)34-15-18-14-17(3)28-22-7-5-4-6-21(18)22/h4-11,14,16,23,33H,12-13,15,27H2,1-3H3,(H,29,31). The number of rotatable bonds is 7. The van der Waals surface area contributed by atoms with Gasteiger partial charge in [0, 0.05) is 23.2 Å². The number of benzene rings is 2. The molecule has 8 nitrogen and oxygen atoms in total. The lowest BCUT2D eigenvalue weighted by Gasteiger charge is -2.31. The van der Waals surface area contributed by atoms with E-state index in [0.717, 1.165) is 22.2 Å². The van der Waals surface area contributed by atoms with E-state index >= 15 is 0 Å². The molecule has 1 aliphatic heterocycles. The second kappa shape index (κ2) is 9.40. The van der Waals surface area contributed by atoms with Crippen molar-refractivity contribution in [3.05, 3.63) is 71.4 Å². The van der Waals surface area contributed by atoms with Gasteiger partial charge in [0.1, 0.15) is 23.9 Å². The van der Waals surface area contributed by atoms with Crippen LogP contribution in [0.4, 0.5) is 0 Å². The molecule has 34 heavy (non-hydrogen) atoms. The summed E-state index contributed by atoms with van der Waals surface area (Å²) in [4.78, 5) is 31.4. The summed E-state index contributed by atoms with van der Waals surface area (Å²) in [5, 5.41) is 10.1. The fraction of sp³-hybridized carbons (Fsp3) is 0.346. The van der Waals surface area contributed by atoms with Crippen molar-refractivity contribution in [1.82, 2.24) is 15.4 Å². The maximum absolute atomic E-state index is 13.2. The monoisotopic (exact) mass is 462 g/mol. The number of likely N-dealkylation sites (tertiary alicyclic amines) is 1. The van der Waals surface area contributed by atoms with Gasteiger partial charge in [-0.05, 0) is 49.1 Å². The van der Waals surface area contributed by atoms with Crippen LogP contribution in [0.2, 0.25) is 0 Å². The Bertz CT molecular complexity index is 1210. The van der Waals surface area contributed by atoms with Crippen molar-refractivity contribution in [2.75, 3.05) is 6.54 Å². The molecule has 4 rings (SSSR count). The summed E-state index contributed by atoms with van der Waals surface area (Å²) in [6.07, 6.45) is 0.371. The molecule has 178 valence electrons. The van der Waals surface area contributed by atoms with Gasteiger partial charge in [0.15, 0.2) is 0 Å². The molecule has 0 spiro atoms. The number of amides is 2. The van der Waals surface area contributed by atoms with Crippen LogP contribution in [-0.2, 0) is 21.7 Å². The molecule has 2 aromatic carbocycles. The van der Waals surface area contributed by atoms with Gasteiger partial charge in [-0.25, -0.2) is 5.48 Å². The van der Waals surface area contributed by atoms with Crippen LogP contribution < -0.4 is 16.0 Å². The third-order valence-electron chi connectivity index (χ3n) is 6.43. The first kappa shape index (κ1) is 23.7. The third-order valence-corrected chi connectivity index (χ3v) is 6.43. The number of hydrogen-bond donors (Lipinski definition) is 3. The summed E-state index contributed by atoms with van der Waals surface area (Å²) in [5.41, 5.74) is 10.5. The predicted octanol–water partition coefficient (Wildman–Crippen LogP) is 3.04. The van der Waals surface area contributed by atoms with Gasteiger partial charge >= 0.3 is 0 Å². The van der Waals surface area contributed by atoms with E-state index in [1.54, 1.807) is 29.7 Å². The van der Waals surface area contributed by atoms with Crippen LogP contribution in [0.3, 0.4) is 0 Å². The van der Waals surface area contributed by atoms with Crippen molar-refractivity contribution >= 4 is 22.7 Å². The molecule has 1 saturated heterocycles. The Balaban J connectivity index is 1.50. The van der Waals surface area contributed by atoms with Gasteiger partial charge in [0.2, 0.25) is 5.91 Å². The lowest BCUT2D eigenvalue weighted by atomic mass is 9.89. The summed E-state index contributed by atoms with van der Waals surface area (Å²) in [6.45, 7) is 6.32. The molecular formula is C26H30N4O4. The molecule has 2 amide bonds. The first-order chi connectivity index (χ1) is 16.2. The van der Waals surface area contributed by atoms with Gasteiger partial charge in [-0.3, -0.25) is 19.8 Å². The molecule has 2 unspecified atom stereocenters. The van der Waals surface area contributed by atoms with Gasteiger partial charge in [-0.2, -0.15) is 0 Å². The highest BCUT2D eigenvalue weighted by molar-refractivity contribution is 5.94. The van der Waals surface area contributed by atoms with E-state index in [1.165, 1.54) is 4.90 Å². The fourth-order valence-electron chi connectivity index (χ4n) is 4.69. The Morgan fingerprint density at radius 1 is 1.24 bits per heavy atom. The molecule has 1 aliphatic rings. The quantitative estimate of drug-likeness (QED) is 0.367. The summed E-state index contributed by atoms with van der Waals surface area (Å²) in [7, 11) is 0. The van der Waals surface area contributed by atoms with E-state index < -0.39 is 17.5 Å². The van der Waals surface area contributed by atoms with Gasteiger partial charge in [0.05, 0.1) is 5.52 Å². The summed E-state index contributed by atoms with van der Waals surface area (Å²) >= 11 is 0. The second-order valence-corrected chi connectivity index (χ2v) is 9.14. The molecule has 4 N–H and O–H groups in total. The first-order valence-corrected chi connectivity index (χ1v) is 11.4. The van der Waals surface area contributed by atoms with E-state index in [1.807, 2.05) is 51.1 Å². The molecule has 0 radical (unpaired) electrons. The minimum atomic E-state index is -1.24. The van der Waals surface area contributed by atoms with Crippen molar-refractivity contribution in [2.45, 2.75) is 45.4 Å². The molecule has 1 fully saturated rings. The predicted molar refractivity (Wildman–Crippen MR) is 128 cm³/mol. The topological polar surface area (TPSA) is 118 Å². The molecule has 0 saturated carbocycles. The van der Waals surface area contributed by atoms with Crippen LogP contribution in [0.15, 0.2) is 54.6 Å². The van der Waals surface area contributed by atoms with Gasteiger partial charge in [0.25, 0.3) is 5.91 Å². The zero-order valence-electron chi connectivity index (χ0n) is 19.6. The largest absolute Gasteiger partial charge is 0.489 e. The number of aromatic nitrogens is 1. The molecule has 3 aromatic rings. The van der Waals surface area contributed by atoms with E-state index in [4.69, 9.17) is 15.7 Å². The number of ether oxygens (including phenoxy) is 1. The van der Waals surface area contributed by atoms with Gasteiger partial charge < -0.3 is 15.4 Å². The zero-order valence-corrected chi connectivity index (χ0v) is 19.6. The summed E-state index contributed by atoms with van der Waals surface area (Å²) in [6, 6.07) is 16.4. The highest BCUT2D eigenvalue weighted by Gasteiger charge is 2.49. The lowest BCUT2D eigenvalue weighted by Crippen LogP contribution is -2.53. The van der Waals surface area contributed by atoms with Gasteiger partial charge in [-0.1, -0.05) is 44.2 Å². The van der Waals surface area contributed by atoms with Crippen molar-refractivity contribution in [3.63, 3.8) is 0 Å². The molecule has 1 aromatic heterocycles. The molecular weight excluding hydrogens is 432 g/mol. The molecule has 2 atom stereocenters. The van der Waals surface area contributed by atoms with Crippen LogP contribution >= 0.6 is 0 Å². The van der Waals surface area contributed by atoms with Crippen molar-refractivity contribution in [2.24, 2.45) is 11.7 Å². The minimum absolute atomic E-state index is 0.179. The Morgan fingerprint density at radius 2 is 1.94 bits per heavy atom. The molecule has 0 aliphatic carbocycles. The number of fused-ring (bicyclic) bond motifs is 1. The van der Waals surface area contributed by atoms with E-state index in [2.05, 4.69) is 4.98 Å². The number of aryl methyl sites for hydroxylation is 1. The fourth-order valence-corrected chi connectivity index (χ4v) is 4.69. The number of hydroxylamine groups is 1. The molecule has 0 bridgehead atoms. The lowest BCUT2D eigenvalue weighted by molar-refractivity contribution is -0.145. The Kier molecular flexibility index (Phi) is 6.54. The Labute approximate surface area is 198 Å². The third kappa shape index (κ3) is 4.34. The van der Waals surface area contributed by atoms with Crippen LogP contribution in [0.25, 0.3) is 10.9 Å². The normalized spacial score (nSPS) is 19.0. The van der Waals surface area contributed by atoms with Crippen molar-refractivity contribution in [1.29, 1.82) is 0 Å². The number of nitrogens with two attached hydrogens (primary N) is 1. The number of para-hydroxylation sites is 1. The van der Waals surface area contributed by atoms with Crippen LogP contribution in [0.1, 0.15) is 37.1 Å². The van der Waals surface area contributed by atoms with Gasteiger partial charge in [-0.15, -0.1) is 0 Å². The zero-order chi connectivity index (χ0) is 24.5. The number of nitrogens with one attached hydrogen (secondary N) is 1. The number of pyridine rings is 1. The van der Waals surface area contributed by atoms with Crippen LogP contribution in [0, 0.1) is 12.8 Å².